The lowest BCUT2D eigenvalue weighted by molar-refractivity contribution is 0.0905. The number of carbonyl (C=O) groups is 1. The Morgan fingerprint density at radius 2 is 1.44 bits per heavy atom. The van der Waals surface area contributed by atoms with Crippen LogP contribution in [0.1, 0.15) is 69.3 Å². The fourth-order valence-corrected chi connectivity index (χ4v) is 2.06. The second-order valence-corrected chi connectivity index (χ2v) is 4.50. The molecule has 1 nitrogen and oxygen atoms in total. The molecule has 18 heavy (non-hydrogen) atoms. The molecular formula is C17H28O. The van der Waals surface area contributed by atoms with E-state index in [1.165, 1.54) is 5.56 Å². The highest BCUT2D eigenvalue weighted by Crippen LogP contribution is 2.19. The number of ketones is 1. The third-order valence-corrected chi connectivity index (χ3v) is 2.98. The van der Waals surface area contributed by atoms with Gasteiger partial charge in [0.15, 0.2) is 5.78 Å². The zero-order valence-corrected chi connectivity index (χ0v) is 12.6. The minimum absolute atomic E-state index is 0.220. The molecule has 1 rings (SSSR count). The Morgan fingerprint density at radius 1 is 1.00 bits per heavy atom. The maximum Gasteiger partial charge on any atom is 0.165 e. The summed E-state index contributed by atoms with van der Waals surface area (Å²) < 4.78 is 0. The zero-order valence-electron chi connectivity index (χ0n) is 12.6. The summed E-state index contributed by atoms with van der Waals surface area (Å²) in [7, 11) is 0. The fraction of sp³-hybridized carbons (Fsp3) is 0.588. The molecule has 0 saturated heterocycles. The molecule has 0 unspecified atom stereocenters. The molecule has 0 aliphatic heterocycles. The minimum Gasteiger partial charge on any atom is -0.294 e. The second kappa shape index (κ2) is 9.87. The highest BCUT2D eigenvalue weighted by atomic mass is 16.1. The van der Waals surface area contributed by atoms with E-state index in [2.05, 4.69) is 13.8 Å². The summed E-state index contributed by atoms with van der Waals surface area (Å²) in [4.78, 5) is 12.2. The summed E-state index contributed by atoms with van der Waals surface area (Å²) in [5, 5.41) is 0. The minimum atomic E-state index is 0.220. The highest BCUT2D eigenvalue weighted by molar-refractivity contribution is 5.97. The van der Waals surface area contributed by atoms with Crippen molar-refractivity contribution in [1.29, 1.82) is 0 Å². The molecule has 0 fully saturated rings. The quantitative estimate of drug-likeness (QED) is 0.614. The molecule has 0 spiro atoms. The van der Waals surface area contributed by atoms with Crippen LogP contribution in [0.5, 0.6) is 0 Å². The van der Waals surface area contributed by atoms with Gasteiger partial charge in [0.1, 0.15) is 0 Å². The molecule has 102 valence electrons. The first-order chi connectivity index (χ1) is 8.69. The topological polar surface area (TPSA) is 17.1 Å². The Balaban J connectivity index is 0.00000137. The van der Waals surface area contributed by atoms with Crippen LogP contribution in [0.3, 0.4) is 0 Å². The van der Waals surface area contributed by atoms with E-state index >= 15 is 0 Å². The number of aryl methyl sites for hydroxylation is 1. The zero-order chi connectivity index (χ0) is 14.0. The fourth-order valence-electron chi connectivity index (χ4n) is 2.06. The molecule has 1 heteroatoms. The summed E-state index contributed by atoms with van der Waals surface area (Å²) in [5.41, 5.74) is 2.08. The molecule has 0 N–H and O–H groups in total. The summed E-state index contributed by atoms with van der Waals surface area (Å²) >= 11 is 0. The van der Waals surface area contributed by atoms with Crippen molar-refractivity contribution in [3.05, 3.63) is 35.4 Å². The van der Waals surface area contributed by atoms with Gasteiger partial charge in [0.25, 0.3) is 0 Å². The SMILES string of the molecule is CC.CCCC(CCC)C(=O)c1ccc(C)cc1. The van der Waals surface area contributed by atoms with Crippen molar-refractivity contribution in [2.24, 2.45) is 5.92 Å². The smallest absolute Gasteiger partial charge is 0.165 e. The summed E-state index contributed by atoms with van der Waals surface area (Å²) in [6.45, 7) is 10.3. The van der Waals surface area contributed by atoms with Crippen LogP contribution in [0.2, 0.25) is 0 Å². The Bertz CT molecular complexity index is 318. The van der Waals surface area contributed by atoms with E-state index in [9.17, 15) is 4.79 Å². The molecule has 1 aromatic carbocycles. The molecule has 0 amide bonds. The van der Waals surface area contributed by atoms with Gasteiger partial charge in [-0.05, 0) is 19.8 Å². The molecule has 0 aliphatic carbocycles. The molecule has 0 aromatic heterocycles. The maximum absolute atomic E-state index is 12.2. The molecule has 0 heterocycles. The van der Waals surface area contributed by atoms with Gasteiger partial charge >= 0.3 is 0 Å². The summed E-state index contributed by atoms with van der Waals surface area (Å²) in [6, 6.07) is 7.94. The van der Waals surface area contributed by atoms with Crippen molar-refractivity contribution in [2.75, 3.05) is 0 Å². The van der Waals surface area contributed by atoms with E-state index in [1.807, 2.05) is 45.0 Å². The summed E-state index contributed by atoms with van der Waals surface area (Å²) in [5.74, 6) is 0.543. The Kier molecular flexibility index (Phi) is 9.26. The molecule has 1 aromatic rings. The lowest BCUT2D eigenvalue weighted by Crippen LogP contribution is -2.14. The molecule has 0 saturated carbocycles. The predicted octanol–water partition coefficient (Wildman–Crippen LogP) is 5.42. The van der Waals surface area contributed by atoms with Gasteiger partial charge in [-0.2, -0.15) is 0 Å². The molecule has 0 bridgehead atoms. The summed E-state index contributed by atoms with van der Waals surface area (Å²) in [6.07, 6.45) is 4.20. The van der Waals surface area contributed by atoms with Gasteiger partial charge in [-0.3, -0.25) is 4.79 Å². The average molecular weight is 248 g/mol. The van der Waals surface area contributed by atoms with Gasteiger partial charge in [-0.1, -0.05) is 70.4 Å². The van der Waals surface area contributed by atoms with Crippen molar-refractivity contribution in [2.45, 2.75) is 60.3 Å². The van der Waals surface area contributed by atoms with Gasteiger partial charge in [0, 0.05) is 11.5 Å². The number of hydrogen-bond donors (Lipinski definition) is 0. The van der Waals surface area contributed by atoms with Crippen LogP contribution < -0.4 is 0 Å². The number of carbonyl (C=O) groups excluding carboxylic acids is 1. The maximum atomic E-state index is 12.2. The first-order valence-corrected chi connectivity index (χ1v) is 7.29. The van der Waals surface area contributed by atoms with Crippen molar-refractivity contribution in [3.63, 3.8) is 0 Å². The third-order valence-electron chi connectivity index (χ3n) is 2.98. The van der Waals surface area contributed by atoms with Crippen LogP contribution >= 0.6 is 0 Å². The second-order valence-electron chi connectivity index (χ2n) is 4.50. The molecule has 0 radical (unpaired) electrons. The van der Waals surface area contributed by atoms with E-state index < -0.39 is 0 Å². The van der Waals surface area contributed by atoms with E-state index in [0.29, 0.717) is 5.78 Å². The van der Waals surface area contributed by atoms with Gasteiger partial charge in [0.2, 0.25) is 0 Å². The van der Waals surface area contributed by atoms with Crippen LogP contribution in [0.4, 0.5) is 0 Å². The predicted molar refractivity (Wildman–Crippen MR) is 80.2 cm³/mol. The first kappa shape index (κ1) is 16.9. The number of benzene rings is 1. The third kappa shape index (κ3) is 5.48. The van der Waals surface area contributed by atoms with Gasteiger partial charge < -0.3 is 0 Å². The van der Waals surface area contributed by atoms with Crippen LogP contribution in [0, 0.1) is 12.8 Å². The lowest BCUT2D eigenvalue weighted by Gasteiger charge is -2.13. The normalized spacial score (nSPS) is 9.89. The Labute approximate surface area is 113 Å². The average Bonchev–Trinajstić information content (AvgIpc) is 2.41. The van der Waals surface area contributed by atoms with E-state index in [4.69, 9.17) is 0 Å². The van der Waals surface area contributed by atoms with Crippen LogP contribution in [-0.4, -0.2) is 5.78 Å². The Hall–Kier alpha value is -1.11. The lowest BCUT2D eigenvalue weighted by atomic mass is 9.89. The van der Waals surface area contributed by atoms with Crippen LogP contribution in [-0.2, 0) is 0 Å². The first-order valence-electron chi connectivity index (χ1n) is 7.29. The Morgan fingerprint density at radius 3 is 1.83 bits per heavy atom. The van der Waals surface area contributed by atoms with E-state index in [-0.39, 0.29) is 5.92 Å². The molecule has 0 aliphatic rings. The number of hydrogen-bond acceptors (Lipinski definition) is 1. The number of Topliss-reactive ketones (excluding diaryl/α,β-unsaturated/α-hetero) is 1. The molecule has 0 atom stereocenters. The molecular weight excluding hydrogens is 220 g/mol. The van der Waals surface area contributed by atoms with E-state index in [1.54, 1.807) is 0 Å². The van der Waals surface area contributed by atoms with Gasteiger partial charge in [0.05, 0.1) is 0 Å². The van der Waals surface area contributed by atoms with E-state index in [0.717, 1.165) is 31.2 Å². The standard InChI is InChI=1S/C15H22O.C2H6/c1-4-6-13(7-5-2)15(16)14-10-8-12(3)9-11-14;1-2/h8-11,13H,4-7H2,1-3H3;1-2H3. The number of rotatable bonds is 6. The highest BCUT2D eigenvalue weighted by Gasteiger charge is 2.17. The van der Waals surface area contributed by atoms with Crippen molar-refractivity contribution >= 4 is 5.78 Å². The largest absolute Gasteiger partial charge is 0.294 e. The van der Waals surface area contributed by atoms with Crippen LogP contribution in [0.25, 0.3) is 0 Å². The van der Waals surface area contributed by atoms with Crippen molar-refractivity contribution in [3.8, 4) is 0 Å². The van der Waals surface area contributed by atoms with Crippen molar-refractivity contribution < 1.29 is 4.79 Å². The van der Waals surface area contributed by atoms with Gasteiger partial charge in [-0.25, -0.2) is 0 Å². The van der Waals surface area contributed by atoms with Crippen molar-refractivity contribution in [1.82, 2.24) is 0 Å². The van der Waals surface area contributed by atoms with Gasteiger partial charge in [-0.15, -0.1) is 0 Å². The monoisotopic (exact) mass is 248 g/mol. The van der Waals surface area contributed by atoms with Crippen LogP contribution in [0.15, 0.2) is 24.3 Å².